The number of carbonyl (C=O) groups excluding carboxylic acids is 3. The third kappa shape index (κ3) is 4.16. The van der Waals surface area contributed by atoms with Crippen molar-refractivity contribution in [2.45, 2.75) is 20.3 Å². The largest absolute Gasteiger partial charge is 0.494 e. The fraction of sp³-hybridized carbons (Fsp3) is 0.286. The zero-order valence-electron chi connectivity index (χ0n) is 15.3. The number of amides is 2. The molecule has 6 heteroatoms. The molecule has 0 N–H and O–H groups in total. The van der Waals surface area contributed by atoms with E-state index in [1.165, 1.54) is 0 Å². The summed E-state index contributed by atoms with van der Waals surface area (Å²) in [5.74, 6) is -0.302. The van der Waals surface area contributed by atoms with Gasteiger partial charge in [0.25, 0.3) is 11.8 Å². The topological polar surface area (TPSA) is 72.9 Å². The Morgan fingerprint density at radius 3 is 2.11 bits per heavy atom. The number of benzene rings is 2. The van der Waals surface area contributed by atoms with Crippen molar-refractivity contribution in [1.29, 1.82) is 0 Å². The molecule has 6 nitrogen and oxygen atoms in total. The van der Waals surface area contributed by atoms with Crippen molar-refractivity contribution in [2.75, 3.05) is 13.3 Å². The molecule has 0 spiro atoms. The summed E-state index contributed by atoms with van der Waals surface area (Å²) < 4.78 is 10.7. The van der Waals surface area contributed by atoms with Crippen LogP contribution in [0.2, 0.25) is 0 Å². The Kier molecular flexibility index (Phi) is 5.54. The maximum Gasteiger partial charge on any atom is 0.339 e. The van der Waals surface area contributed by atoms with Gasteiger partial charge in [0.05, 0.1) is 23.3 Å². The quantitative estimate of drug-likeness (QED) is 0.553. The van der Waals surface area contributed by atoms with E-state index in [0.717, 1.165) is 11.3 Å². The summed E-state index contributed by atoms with van der Waals surface area (Å²) in [6.45, 7) is 4.44. The van der Waals surface area contributed by atoms with Gasteiger partial charge in [-0.15, -0.1) is 0 Å². The van der Waals surface area contributed by atoms with Crippen molar-refractivity contribution in [3.8, 4) is 5.75 Å². The average molecular weight is 367 g/mol. The molecule has 0 unspecified atom stereocenters. The summed E-state index contributed by atoms with van der Waals surface area (Å²) in [6, 6.07) is 13.1. The predicted molar refractivity (Wildman–Crippen MR) is 98.6 cm³/mol. The van der Waals surface area contributed by atoms with Crippen LogP contribution in [-0.4, -0.2) is 36.0 Å². The number of hydrogen-bond acceptors (Lipinski definition) is 5. The normalized spacial score (nSPS) is 13.1. The highest BCUT2D eigenvalue weighted by atomic mass is 16.5. The zero-order chi connectivity index (χ0) is 19.4. The number of carbonyl (C=O) groups is 3. The average Bonchev–Trinajstić information content (AvgIpc) is 2.91. The molecule has 0 saturated carbocycles. The first kappa shape index (κ1) is 18.6. The molecule has 1 aliphatic heterocycles. The summed E-state index contributed by atoms with van der Waals surface area (Å²) in [7, 11) is 0. The molecular weight excluding hydrogens is 346 g/mol. The summed E-state index contributed by atoms with van der Waals surface area (Å²) in [4.78, 5) is 37.6. The molecule has 1 heterocycles. The second-order valence-corrected chi connectivity index (χ2v) is 6.70. The Hall–Kier alpha value is -3.15. The molecule has 2 amide bonds. The Balaban J connectivity index is 1.55. The van der Waals surface area contributed by atoms with Crippen molar-refractivity contribution in [3.05, 3.63) is 65.2 Å². The monoisotopic (exact) mass is 367 g/mol. The van der Waals surface area contributed by atoms with E-state index in [0.29, 0.717) is 35.0 Å². The minimum absolute atomic E-state index is 0.321. The van der Waals surface area contributed by atoms with Gasteiger partial charge in [-0.3, -0.25) is 9.59 Å². The molecule has 0 bridgehead atoms. The minimum atomic E-state index is -0.611. The molecule has 0 aromatic heterocycles. The van der Waals surface area contributed by atoms with Crippen LogP contribution in [0.5, 0.6) is 5.75 Å². The van der Waals surface area contributed by atoms with Gasteiger partial charge in [-0.25, -0.2) is 9.69 Å². The first-order valence-electron chi connectivity index (χ1n) is 8.82. The van der Waals surface area contributed by atoms with Gasteiger partial charge in [0.2, 0.25) is 0 Å². The van der Waals surface area contributed by atoms with Crippen LogP contribution >= 0.6 is 0 Å². The van der Waals surface area contributed by atoms with Crippen LogP contribution in [0.1, 0.15) is 51.3 Å². The molecule has 0 saturated heterocycles. The van der Waals surface area contributed by atoms with E-state index in [1.807, 2.05) is 0 Å². The molecule has 1 aliphatic rings. The van der Waals surface area contributed by atoms with Gasteiger partial charge in [0.1, 0.15) is 5.75 Å². The highest BCUT2D eigenvalue weighted by molar-refractivity contribution is 6.21. The highest BCUT2D eigenvalue weighted by Gasteiger charge is 2.35. The van der Waals surface area contributed by atoms with Crippen molar-refractivity contribution in [2.24, 2.45) is 5.92 Å². The van der Waals surface area contributed by atoms with Gasteiger partial charge in [0, 0.05) is 0 Å². The number of nitrogens with zero attached hydrogens (tertiary/aromatic N) is 1. The van der Waals surface area contributed by atoms with Gasteiger partial charge in [-0.2, -0.15) is 0 Å². The lowest BCUT2D eigenvalue weighted by Gasteiger charge is -2.14. The third-order valence-corrected chi connectivity index (χ3v) is 4.26. The molecule has 27 heavy (non-hydrogen) atoms. The number of fused-ring (bicyclic) bond motifs is 1. The molecule has 0 atom stereocenters. The van der Waals surface area contributed by atoms with Gasteiger partial charge >= 0.3 is 5.97 Å². The van der Waals surface area contributed by atoms with Crippen LogP contribution < -0.4 is 4.74 Å². The van der Waals surface area contributed by atoms with Crippen LogP contribution in [0.3, 0.4) is 0 Å². The van der Waals surface area contributed by atoms with Crippen LogP contribution in [-0.2, 0) is 4.74 Å². The summed E-state index contributed by atoms with van der Waals surface area (Å²) >= 11 is 0. The van der Waals surface area contributed by atoms with E-state index in [9.17, 15) is 14.4 Å². The number of rotatable bonds is 7. The maximum absolute atomic E-state index is 12.2. The maximum atomic E-state index is 12.2. The second-order valence-electron chi connectivity index (χ2n) is 6.70. The first-order valence-corrected chi connectivity index (χ1v) is 8.82. The van der Waals surface area contributed by atoms with Crippen LogP contribution in [0, 0.1) is 5.92 Å². The lowest BCUT2D eigenvalue weighted by atomic mass is 10.1. The number of hydrogen-bond donors (Lipinski definition) is 0. The summed E-state index contributed by atoms with van der Waals surface area (Å²) in [6.07, 6.45) is 0.948. The van der Waals surface area contributed by atoms with E-state index < -0.39 is 24.5 Å². The van der Waals surface area contributed by atoms with Crippen molar-refractivity contribution in [3.63, 3.8) is 0 Å². The van der Waals surface area contributed by atoms with Gasteiger partial charge in [-0.1, -0.05) is 26.0 Å². The van der Waals surface area contributed by atoms with Gasteiger partial charge < -0.3 is 9.47 Å². The summed E-state index contributed by atoms with van der Waals surface area (Å²) in [5.41, 5.74) is 0.964. The van der Waals surface area contributed by atoms with Crippen LogP contribution in [0.4, 0.5) is 0 Å². The smallest absolute Gasteiger partial charge is 0.339 e. The third-order valence-electron chi connectivity index (χ3n) is 4.26. The zero-order valence-corrected chi connectivity index (χ0v) is 15.3. The highest BCUT2D eigenvalue weighted by Crippen LogP contribution is 2.22. The standard InChI is InChI=1S/C21H21NO5/c1-14(2)11-12-26-16-9-7-15(8-10-16)21(25)27-13-22-19(23)17-5-3-4-6-18(17)20(22)24/h3-10,14H,11-13H2,1-2H3. The first-order chi connectivity index (χ1) is 13.0. The number of esters is 1. The van der Waals surface area contributed by atoms with Crippen molar-refractivity contribution in [1.82, 2.24) is 4.90 Å². The Bertz CT molecular complexity index is 822. The SMILES string of the molecule is CC(C)CCOc1ccc(C(=O)OCN2C(=O)c3ccccc3C2=O)cc1. The van der Waals surface area contributed by atoms with Gasteiger partial charge in [-0.05, 0) is 48.7 Å². The molecule has 2 aromatic rings. The van der Waals surface area contributed by atoms with Crippen LogP contribution in [0.15, 0.2) is 48.5 Å². The molecular formula is C21H21NO5. The Morgan fingerprint density at radius 2 is 1.56 bits per heavy atom. The summed E-state index contributed by atoms with van der Waals surface area (Å²) in [5, 5.41) is 0. The molecule has 0 fully saturated rings. The molecule has 0 aliphatic carbocycles. The minimum Gasteiger partial charge on any atom is -0.494 e. The van der Waals surface area contributed by atoms with Crippen LogP contribution in [0.25, 0.3) is 0 Å². The molecule has 140 valence electrons. The van der Waals surface area contributed by atoms with Crippen molar-refractivity contribution >= 4 is 17.8 Å². The number of imide groups is 1. The predicted octanol–water partition coefficient (Wildman–Crippen LogP) is 3.52. The number of ether oxygens (including phenoxy) is 2. The van der Waals surface area contributed by atoms with E-state index in [2.05, 4.69) is 13.8 Å². The lowest BCUT2D eigenvalue weighted by molar-refractivity contribution is 0.0228. The van der Waals surface area contributed by atoms with E-state index in [-0.39, 0.29) is 0 Å². The Labute approximate surface area is 157 Å². The van der Waals surface area contributed by atoms with E-state index in [4.69, 9.17) is 9.47 Å². The van der Waals surface area contributed by atoms with Gasteiger partial charge in [0.15, 0.2) is 6.73 Å². The molecule has 2 aromatic carbocycles. The molecule has 3 rings (SSSR count). The fourth-order valence-electron chi connectivity index (χ4n) is 2.66. The van der Waals surface area contributed by atoms with E-state index in [1.54, 1.807) is 48.5 Å². The fourth-order valence-corrected chi connectivity index (χ4v) is 2.66. The second kappa shape index (κ2) is 8.03. The van der Waals surface area contributed by atoms with Crippen molar-refractivity contribution < 1.29 is 23.9 Å². The van der Waals surface area contributed by atoms with E-state index >= 15 is 0 Å². The Morgan fingerprint density at radius 1 is 0.963 bits per heavy atom. The lowest BCUT2D eigenvalue weighted by Crippen LogP contribution is -2.33. The molecule has 0 radical (unpaired) electrons.